The van der Waals surface area contributed by atoms with Crippen LogP contribution in [-0.2, 0) is 17.5 Å². The SMILES string of the molecule is Cc1cc([N+](=O)[O-])nn1CCC(=O)Nc1c(C(N)=O)sc2nc(C(F)(F)F)cc(-c3ccco3)c12. The second-order valence-electron chi connectivity index (χ2n) is 7.30. The van der Waals surface area contributed by atoms with Crippen molar-refractivity contribution in [2.75, 3.05) is 5.32 Å². The first kappa shape index (κ1) is 23.9. The number of primary amides is 1. The number of carbonyl (C=O) groups excluding carboxylic acids is 2. The largest absolute Gasteiger partial charge is 0.464 e. The summed E-state index contributed by atoms with van der Waals surface area (Å²) in [5.74, 6) is -1.92. The smallest absolute Gasteiger partial charge is 0.433 e. The maximum Gasteiger partial charge on any atom is 0.433 e. The van der Waals surface area contributed by atoms with Gasteiger partial charge in [0.25, 0.3) is 5.91 Å². The van der Waals surface area contributed by atoms with E-state index in [0.717, 1.165) is 6.07 Å². The van der Waals surface area contributed by atoms with E-state index in [1.165, 1.54) is 29.1 Å². The van der Waals surface area contributed by atoms with Crippen LogP contribution in [-0.4, -0.2) is 31.5 Å². The molecule has 0 spiro atoms. The van der Waals surface area contributed by atoms with Gasteiger partial charge < -0.3 is 25.6 Å². The quantitative estimate of drug-likeness (QED) is 0.281. The van der Waals surface area contributed by atoms with Gasteiger partial charge in [0, 0.05) is 17.4 Å². The van der Waals surface area contributed by atoms with E-state index in [1.807, 2.05) is 0 Å². The van der Waals surface area contributed by atoms with Gasteiger partial charge in [-0.2, -0.15) is 17.9 Å². The van der Waals surface area contributed by atoms with Crippen LogP contribution in [0.4, 0.5) is 24.7 Å². The van der Waals surface area contributed by atoms with Crippen LogP contribution in [0.15, 0.2) is 34.9 Å². The Bertz CT molecular complexity index is 1460. The highest BCUT2D eigenvalue weighted by atomic mass is 32.1. The molecule has 0 aliphatic carbocycles. The molecule has 3 N–H and O–H groups in total. The lowest BCUT2D eigenvalue weighted by atomic mass is 10.1. The van der Waals surface area contributed by atoms with Crippen LogP contribution >= 0.6 is 11.3 Å². The lowest BCUT2D eigenvalue weighted by molar-refractivity contribution is -0.389. The van der Waals surface area contributed by atoms with Crippen molar-refractivity contribution in [2.24, 2.45) is 5.73 Å². The molecular weight excluding hydrogens is 493 g/mol. The summed E-state index contributed by atoms with van der Waals surface area (Å²) in [6.45, 7) is 1.55. The minimum absolute atomic E-state index is 0.0268. The summed E-state index contributed by atoms with van der Waals surface area (Å²) in [5.41, 5.74) is 4.54. The van der Waals surface area contributed by atoms with Crippen LogP contribution in [0.25, 0.3) is 21.5 Å². The Morgan fingerprint density at radius 1 is 1.34 bits per heavy atom. The van der Waals surface area contributed by atoms with E-state index in [1.54, 1.807) is 6.92 Å². The second-order valence-corrected chi connectivity index (χ2v) is 8.30. The number of nitrogens with two attached hydrogens (primary N) is 1. The van der Waals surface area contributed by atoms with Crippen LogP contribution in [0.1, 0.15) is 27.5 Å². The Balaban J connectivity index is 1.73. The molecule has 4 rings (SSSR count). The van der Waals surface area contributed by atoms with Crippen molar-refractivity contribution in [1.29, 1.82) is 0 Å². The fourth-order valence-corrected chi connectivity index (χ4v) is 4.39. The zero-order chi connectivity index (χ0) is 25.5. The number of aryl methyl sites for hydroxylation is 2. The number of nitro groups is 1. The van der Waals surface area contributed by atoms with Crippen molar-refractivity contribution in [3.63, 3.8) is 0 Å². The average Bonchev–Trinajstić information content (AvgIpc) is 3.50. The molecule has 0 aliphatic heterocycles. The molecule has 182 valence electrons. The maximum atomic E-state index is 13.5. The topological polar surface area (TPSA) is 159 Å². The highest BCUT2D eigenvalue weighted by Crippen LogP contribution is 2.43. The predicted octanol–water partition coefficient (Wildman–Crippen LogP) is 4.12. The lowest BCUT2D eigenvalue weighted by Crippen LogP contribution is -2.18. The number of nitrogens with zero attached hydrogens (tertiary/aromatic N) is 4. The van der Waals surface area contributed by atoms with Crippen LogP contribution in [0, 0.1) is 17.0 Å². The number of aromatic nitrogens is 3. The zero-order valence-electron chi connectivity index (χ0n) is 17.8. The zero-order valence-corrected chi connectivity index (χ0v) is 18.6. The third-order valence-corrected chi connectivity index (χ3v) is 6.03. The summed E-state index contributed by atoms with van der Waals surface area (Å²) in [7, 11) is 0. The van der Waals surface area contributed by atoms with Gasteiger partial charge in [0.15, 0.2) is 0 Å². The molecule has 35 heavy (non-hydrogen) atoms. The van der Waals surface area contributed by atoms with Gasteiger partial charge >= 0.3 is 12.0 Å². The molecule has 0 saturated carbocycles. The molecule has 0 aromatic carbocycles. The highest BCUT2D eigenvalue weighted by Gasteiger charge is 2.35. The van der Waals surface area contributed by atoms with E-state index in [4.69, 9.17) is 10.2 Å². The van der Waals surface area contributed by atoms with E-state index in [9.17, 15) is 32.9 Å². The standard InChI is InChI=1S/C20H15F3N6O5S/c1-9-7-13(29(32)33)27-28(9)5-4-14(30)26-16-15-10(11-3-2-6-34-11)8-12(20(21,22)23)25-19(15)35-17(16)18(24)31/h2-3,6-8H,4-5H2,1H3,(H2,24,31)(H,26,30). The van der Waals surface area contributed by atoms with Crippen molar-refractivity contribution in [2.45, 2.75) is 26.1 Å². The number of hydrogen-bond donors (Lipinski definition) is 2. The summed E-state index contributed by atoms with van der Waals surface area (Å²) in [4.78, 5) is 38.3. The first-order valence-corrected chi connectivity index (χ1v) is 10.6. The van der Waals surface area contributed by atoms with E-state index in [-0.39, 0.29) is 50.9 Å². The van der Waals surface area contributed by atoms with Gasteiger partial charge in [-0.1, -0.05) is 0 Å². The third kappa shape index (κ3) is 4.70. The fraction of sp³-hybridized carbons (Fsp3) is 0.200. The summed E-state index contributed by atoms with van der Waals surface area (Å²) < 4.78 is 46.9. The number of furan rings is 1. The minimum Gasteiger partial charge on any atom is -0.464 e. The molecule has 0 bridgehead atoms. The van der Waals surface area contributed by atoms with E-state index in [0.29, 0.717) is 17.0 Å². The Hall–Kier alpha value is -4.27. The van der Waals surface area contributed by atoms with Crippen LogP contribution in [0.3, 0.4) is 0 Å². The minimum atomic E-state index is -4.78. The fourth-order valence-electron chi connectivity index (χ4n) is 3.38. The van der Waals surface area contributed by atoms with E-state index < -0.39 is 28.6 Å². The van der Waals surface area contributed by atoms with Crippen molar-refractivity contribution in [1.82, 2.24) is 14.8 Å². The van der Waals surface area contributed by atoms with E-state index in [2.05, 4.69) is 15.4 Å². The number of halogens is 3. The monoisotopic (exact) mass is 508 g/mol. The molecule has 4 heterocycles. The molecular formula is C20H15F3N6O5S. The first-order chi connectivity index (χ1) is 16.5. The predicted molar refractivity (Wildman–Crippen MR) is 118 cm³/mol. The van der Waals surface area contributed by atoms with Crippen molar-refractivity contribution >= 4 is 44.9 Å². The van der Waals surface area contributed by atoms with Crippen molar-refractivity contribution in [3.8, 4) is 11.3 Å². The molecule has 2 amide bonds. The highest BCUT2D eigenvalue weighted by molar-refractivity contribution is 7.21. The number of anilines is 1. The third-order valence-electron chi connectivity index (χ3n) is 4.93. The Morgan fingerprint density at radius 2 is 2.09 bits per heavy atom. The van der Waals surface area contributed by atoms with Gasteiger partial charge in [0.2, 0.25) is 5.91 Å². The summed E-state index contributed by atoms with van der Waals surface area (Å²) >= 11 is 0.605. The Morgan fingerprint density at radius 3 is 2.66 bits per heavy atom. The maximum absolute atomic E-state index is 13.5. The van der Waals surface area contributed by atoms with Gasteiger partial charge in [-0.25, -0.2) is 4.98 Å². The van der Waals surface area contributed by atoms with Gasteiger partial charge in [-0.3, -0.25) is 9.59 Å². The molecule has 4 aromatic heterocycles. The number of carbonyl (C=O) groups is 2. The van der Waals surface area contributed by atoms with Crippen LogP contribution in [0.2, 0.25) is 0 Å². The van der Waals surface area contributed by atoms with Gasteiger partial charge in [-0.05, 0) is 30.0 Å². The summed E-state index contributed by atoms with van der Waals surface area (Å²) in [6.07, 6.45) is -3.72. The molecule has 15 heteroatoms. The normalized spacial score (nSPS) is 11.7. The number of rotatable bonds is 7. The molecule has 0 aliphatic rings. The van der Waals surface area contributed by atoms with Crippen molar-refractivity contribution in [3.05, 3.63) is 56.9 Å². The van der Waals surface area contributed by atoms with E-state index >= 15 is 0 Å². The van der Waals surface area contributed by atoms with Crippen LogP contribution < -0.4 is 11.1 Å². The van der Waals surface area contributed by atoms with Gasteiger partial charge in [0.1, 0.15) is 21.2 Å². The Labute approximate surface area is 197 Å². The molecule has 0 unspecified atom stereocenters. The summed E-state index contributed by atoms with van der Waals surface area (Å²) in [5, 5.41) is 17.3. The number of fused-ring (bicyclic) bond motifs is 1. The number of nitrogens with one attached hydrogen (secondary N) is 1. The Kier molecular flexibility index (Phi) is 6.02. The number of pyridine rings is 1. The van der Waals surface area contributed by atoms with Crippen molar-refractivity contribution < 1.29 is 32.1 Å². The molecule has 0 fully saturated rings. The van der Waals surface area contributed by atoms with Crippen LogP contribution in [0.5, 0.6) is 0 Å². The molecule has 11 nitrogen and oxygen atoms in total. The number of amides is 2. The number of alkyl halides is 3. The molecule has 4 aromatic rings. The second kappa shape index (κ2) is 8.83. The average molecular weight is 508 g/mol. The molecule has 0 radical (unpaired) electrons. The summed E-state index contributed by atoms with van der Waals surface area (Å²) in [6, 6.07) is 4.91. The lowest BCUT2D eigenvalue weighted by Gasteiger charge is -2.11. The molecule has 0 saturated heterocycles. The first-order valence-electron chi connectivity index (χ1n) is 9.82. The van der Waals surface area contributed by atoms with Gasteiger partial charge in [-0.15, -0.1) is 11.3 Å². The molecule has 0 atom stereocenters. The number of thiophene rings is 1. The van der Waals surface area contributed by atoms with Gasteiger partial charge in [0.05, 0.1) is 35.4 Å². The number of hydrogen-bond acceptors (Lipinski definition) is 8.